The number of carbonyl (C=O) groups excluding carboxylic acids is 2. The number of nitrogens with zero attached hydrogens (tertiary/aromatic N) is 2. The number of amides is 2. The number of rotatable bonds is 3. The molecule has 7 heteroatoms. The third-order valence-electron chi connectivity index (χ3n) is 6.57. The van der Waals surface area contributed by atoms with E-state index in [0.717, 1.165) is 23.2 Å². The molecule has 0 saturated heterocycles. The number of likely N-dealkylation sites (N-methyl/N-ethyl adjacent to an activating group) is 1. The van der Waals surface area contributed by atoms with E-state index in [4.69, 9.17) is 11.6 Å². The maximum absolute atomic E-state index is 13.8. The summed E-state index contributed by atoms with van der Waals surface area (Å²) in [5.41, 5.74) is 4.58. The Morgan fingerprint density at radius 3 is 2.71 bits per heavy atom. The summed E-state index contributed by atoms with van der Waals surface area (Å²) >= 11 is 5.93. The number of nitrogens with one attached hydrogen (secondary N) is 1. The van der Waals surface area contributed by atoms with E-state index in [-0.39, 0.29) is 16.8 Å². The van der Waals surface area contributed by atoms with Crippen LogP contribution in [-0.4, -0.2) is 28.3 Å². The average molecular weight is 476 g/mol. The Morgan fingerprint density at radius 1 is 1.12 bits per heavy atom. The molecular formula is C27H23ClFN3O2. The molecule has 34 heavy (non-hydrogen) atoms. The number of benzene rings is 2. The third-order valence-corrected chi connectivity index (χ3v) is 6.86. The maximum atomic E-state index is 13.8. The molecule has 1 aliphatic heterocycles. The van der Waals surface area contributed by atoms with Crippen molar-refractivity contribution in [3.05, 3.63) is 106 Å². The number of hydrogen-bond donors (Lipinski definition) is 1. The van der Waals surface area contributed by atoms with Crippen molar-refractivity contribution in [2.24, 2.45) is 7.05 Å². The minimum Gasteiger partial charge on any atom is -0.353 e. The smallest absolute Gasteiger partial charge is 0.254 e. The first-order valence-corrected chi connectivity index (χ1v) is 11.4. The van der Waals surface area contributed by atoms with Crippen molar-refractivity contribution in [2.45, 2.75) is 18.4 Å². The van der Waals surface area contributed by atoms with Gasteiger partial charge >= 0.3 is 0 Å². The lowest BCUT2D eigenvalue weighted by molar-refractivity contribution is -0.119. The first-order chi connectivity index (χ1) is 16.4. The SMILES string of the molecule is CN1C(=O)c2ccccc2C(C(=O)Nc2ccc(F)c(Cl)c2)C1c1cn(C)c2c1C=CC=CC2. The molecule has 2 atom stereocenters. The number of aryl methyl sites for hydroxylation is 1. The van der Waals surface area contributed by atoms with Crippen molar-refractivity contribution in [2.75, 3.05) is 12.4 Å². The van der Waals surface area contributed by atoms with Gasteiger partial charge < -0.3 is 14.8 Å². The van der Waals surface area contributed by atoms with E-state index in [1.807, 2.05) is 43.6 Å². The molecule has 3 aromatic rings. The molecule has 2 aromatic carbocycles. The van der Waals surface area contributed by atoms with Gasteiger partial charge in [-0.15, -0.1) is 0 Å². The fourth-order valence-corrected chi connectivity index (χ4v) is 5.12. The standard InChI is InChI=1S/C27H23ClFN3O2/c1-31-15-20(17-8-4-3-5-11-23(17)31)25-24(18-9-6-7-10-19(18)27(34)32(25)2)26(33)30-16-12-13-22(29)21(28)14-16/h3-10,12-15,24-25H,11H2,1-2H3,(H,30,33). The van der Waals surface area contributed by atoms with Gasteiger partial charge in [-0.05, 0) is 29.8 Å². The summed E-state index contributed by atoms with van der Waals surface area (Å²) in [7, 11) is 3.71. The summed E-state index contributed by atoms with van der Waals surface area (Å²) in [4.78, 5) is 28.8. The lowest BCUT2D eigenvalue weighted by atomic mass is 9.79. The summed E-state index contributed by atoms with van der Waals surface area (Å²) in [6, 6.07) is 10.7. The summed E-state index contributed by atoms with van der Waals surface area (Å²) in [6.45, 7) is 0. The topological polar surface area (TPSA) is 54.3 Å². The predicted molar refractivity (Wildman–Crippen MR) is 131 cm³/mol. The number of hydrogen-bond acceptors (Lipinski definition) is 2. The number of carbonyl (C=O) groups is 2. The normalized spacial score (nSPS) is 18.9. The molecule has 1 aromatic heterocycles. The van der Waals surface area contributed by atoms with Gasteiger partial charge in [-0.2, -0.15) is 0 Å². The van der Waals surface area contributed by atoms with Crippen LogP contribution in [0.1, 0.15) is 44.7 Å². The average Bonchev–Trinajstić information content (AvgIpc) is 2.98. The summed E-state index contributed by atoms with van der Waals surface area (Å²) < 4.78 is 15.7. The van der Waals surface area contributed by atoms with Crippen LogP contribution >= 0.6 is 11.6 Å². The molecule has 5 nitrogen and oxygen atoms in total. The molecule has 2 amide bonds. The molecular weight excluding hydrogens is 453 g/mol. The van der Waals surface area contributed by atoms with Crippen LogP contribution in [0.25, 0.3) is 6.08 Å². The second kappa shape index (κ2) is 8.61. The van der Waals surface area contributed by atoms with Crippen molar-refractivity contribution < 1.29 is 14.0 Å². The van der Waals surface area contributed by atoms with Crippen LogP contribution < -0.4 is 5.32 Å². The fourth-order valence-electron chi connectivity index (χ4n) is 4.94. The molecule has 1 aliphatic carbocycles. The Morgan fingerprint density at radius 2 is 1.91 bits per heavy atom. The number of aromatic nitrogens is 1. The van der Waals surface area contributed by atoms with Crippen LogP contribution in [0.3, 0.4) is 0 Å². The Kier molecular flexibility index (Phi) is 5.62. The lowest BCUT2D eigenvalue weighted by Gasteiger charge is -2.39. The number of anilines is 1. The zero-order chi connectivity index (χ0) is 24.0. The van der Waals surface area contributed by atoms with Gasteiger partial charge in [0.15, 0.2) is 0 Å². The summed E-state index contributed by atoms with van der Waals surface area (Å²) in [5.74, 6) is -1.67. The van der Waals surface area contributed by atoms with Crippen LogP contribution in [0.15, 0.2) is 66.9 Å². The highest BCUT2D eigenvalue weighted by molar-refractivity contribution is 6.31. The highest BCUT2D eigenvalue weighted by atomic mass is 35.5. The van der Waals surface area contributed by atoms with Gasteiger partial charge in [0.2, 0.25) is 5.91 Å². The third kappa shape index (κ3) is 3.64. The minimum absolute atomic E-state index is 0.0725. The van der Waals surface area contributed by atoms with E-state index in [9.17, 15) is 14.0 Å². The van der Waals surface area contributed by atoms with Gasteiger partial charge in [-0.1, -0.05) is 54.1 Å². The molecule has 0 saturated carbocycles. The highest BCUT2D eigenvalue weighted by Crippen LogP contribution is 2.45. The summed E-state index contributed by atoms with van der Waals surface area (Å²) in [5, 5.41) is 2.82. The number of allylic oxidation sites excluding steroid dienone is 3. The molecule has 1 N–H and O–H groups in total. The van der Waals surface area contributed by atoms with Crippen molar-refractivity contribution in [3.63, 3.8) is 0 Å². The van der Waals surface area contributed by atoms with E-state index in [1.165, 1.54) is 18.2 Å². The van der Waals surface area contributed by atoms with Gasteiger partial charge in [0.1, 0.15) is 5.82 Å². The zero-order valence-corrected chi connectivity index (χ0v) is 19.5. The van der Waals surface area contributed by atoms with Crippen molar-refractivity contribution in [3.8, 4) is 0 Å². The van der Waals surface area contributed by atoms with Gasteiger partial charge in [-0.25, -0.2) is 4.39 Å². The molecule has 2 aliphatic rings. The van der Waals surface area contributed by atoms with E-state index < -0.39 is 17.8 Å². The van der Waals surface area contributed by atoms with Gasteiger partial charge in [0.25, 0.3) is 5.91 Å². The first-order valence-electron chi connectivity index (χ1n) is 11.0. The molecule has 0 bridgehead atoms. The van der Waals surface area contributed by atoms with Crippen LogP contribution in [0.5, 0.6) is 0 Å². The van der Waals surface area contributed by atoms with Gasteiger partial charge in [0, 0.05) is 54.8 Å². The fraction of sp³-hybridized carbons (Fsp3) is 0.185. The van der Waals surface area contributed by atoms with E-state index in [1.54, 1.807) is 24.1 Å². The Balaban J connectivity index is 1.65. The highest BCUT2D eigenvalue weighted by Gasteiger charge is 2.44. The molecule has 2 unspecified atom stereocenters. The largest absolute Gasteiger partial charge is 0.353 e. The monoisotopic (exact) mass is 475 g/mol. The molecule has 0 spiro atoms. The molecule has 0 fully saturated rings. The Bertz CT molecular complexity index is 1370. The predicted octanol–water partition coefficient (Wildman–Crippen LogP) is 5.49. The van der Waals surface area contributed by atoms with E-state index in [2.05, 4.69) is 16.0 Å². The molecule has 2 heterocycles. The van der Waals surface area contributed by atoms with E-state index >= 15 is 0 Å². The van der Waals surface area contributed by atoms with Crippen LogP contribution in [0.4, 0.5) is 10.1 Å². The van der Waals surface area contributed by atoms with Crippen molar-refractivity contribution >= 4 is 35.2 Å². The Labute approximate surface area is 202 Å². The zero-order valence-electron chi connectivity index (χ0n) is 18.8. The minimum atomic E-state index is -0.682. The molecule has 5 rings (SSSR count). The van der Waals surface area contributed by atoms with Crippen LogP contribution in [0.2, 0.25) is 5.02 Å². The summed E-state index contributed by atoms with van der Waals surface area (Å²) in [6.07, 6.45) is 10.8. The molecule has 0 radical (unpaired) electrons. The van der Waals surface area contributed by atoms with Crippen LogP contribution in [0, 0.1) is 5.82 Å². The van der Waals surface area contributed by atoms with Gasteiger partial charge in [-0.3, -0.25) is 9.59 Å². The lowest BCUT2D eigenvalue weighted by Crippen LogP contribution is -2.44. The number of halogens is 2. The van der Waals surface area contributed by atoms with Gasteiger partial charge in [0.05, 0.1) is 17.0 Å². The van der Waals surface area contributed by atoms with E-state index in [0.29, 0.717) is 16.8 Å². The second-order valence-corrected chi connectivity index (χ2v) is 9.00. The maximum Gasteiger partial charge on any atom is 0.254 e. The second-order valence-electron chi connectivity index (χ2n) is 8.59. The van der Waals surface area contributed by atoms with Crippen LogP contribution in [-0.2, 0) is 18.3 Å². The number of fused-ring (bicyclic) bond motifs is 2. The first kappa shape index (κ1) is 22.2. The molecule has 172 valence electrons. The quantitative estimate of drug-likeness (QED) is 0.544. The van der Waals surface area contributed by atoms with Crippen molar-refractivity contribution in [1.82, 2.24) is 9.47 Å². The Hall–Kier alpha value is -3.64. The van der Waals surface area contributed by atoms with Crippen molar-refractivity contribution in [1.29, 1.82) is 0 Å².